The number of fused-ring (bicyclic) bond motifs is 3. The second kappa shape index (κ2) is 16.6. The summed E-state index contributed by atoms with van der Waals surface area (Å²) < 4.78 is 7.83. The molecule has 0 spiro atoms. The Bertz CT molecular complexity index is 2450. The highest BCUT2D eigenvalue weighted by Gasteiger charge is 2.34. The van der Waals surface area contributed by atoms with Crippen LogP contribution >= 0.6 is 0 Å². The molecule has 8 heterocycles. The molecule has 2 aromatic carbocycles. The lowest BCUT2D eigenvalue weighted by Crippen LogP contribution is -2.51. The predicted molar refractivity (Wildman–Crippen MR) is 232 cm³/mol. The zero-order valence-corrected chi connectivity index (χ0v) is 34.2. The maximum absolute atomic E-state index is 13.4. The number of aromatic nitrogens is 3. The molecular formula is C47H50N10O4. The summed E-state index contributed by atoms with van der Waals surface area (Å²) in [6, 6.07) is 25.1. The van der Waals surface area contributed by atoms with Gasteiger partial charge in [-0.05, 0) is 105 Å². The average Bonchev–Trinajstić information content (AvgIpc) is 3.88. The van der Waals surface area contributed by atoms with Gasteiger partial charge in [0.05, 0.1) is 36.0 Å². The smallest absolute Gasteiger partial charge is 0.249 e. The quantitative estimate of drug-likeness (QED) is 0.193. The van der Waals surface area contributed by atoms with Crippen molar-refractivity contribution >= 4 is 40.4 Å². The van der Waals surface area contributed by atoms with Gasteiger partial charge in [-0.2, -0.15) is 10.4 Å². The van der Waals surface area contributed by atoms with Crippen LogP contribution in [0.3, 0.4) is 0 Å². The number of anilines is 3. The number of piperazine rings is 1. The molecule has 0 aliphatic carbocycles. The van der Waals surface area contributed by atoms with E-state index in [0.717, 1.165) is 110 Å². The van der Waals surface area contributed by atoms with E-state index in [9.17, 15) is 19.6 Å². The van der Waals surface area contributed by atoms with Gasteiger partial charge in [-0.25, -0.2) is 9.50 Å². The minimum atomic E-state index is -0.393. The Morgan fingerprint density at radius 1 is 0.820 bits per heavy atom. The van der Waals surface area contributed by atoms with Gasteiger partial charge in [-0.1, -0.05) is 24.3 Å². The molecule has 3 aromatic heterocycles. The summed E-state index contributed by atoms with van der Waals surface area (Å²) in [6.45, 7) is 6.87. The number of pyridine rings is 2. The second-order valence-electron chi connectivity index (χ2n) is 17.1. The number of likely N-dealkylation sites (tertiary alicyclic amines) is 1. The summed E-state index contributed by atoms with van der Waals surface area (Å²) in [6.07, 6.45) is 11.1. The number of nitrogens with zero attached hydrogens (tertiary/aromatic N) is 8. The van der Waals surface area contributed by atoms with Crippen LogP contribution in [0, 0.1) is 11.3 Å². The van der Waals surface area contributed by atoms with Crippen LogP contribution in [0.15, 0.2) is 85.3 Å². The molecule has 14 nitrogen and oxygen atoms in total. The van der Waals surface area contributed by atoms with E-state index in [1.807, 2.05) is 29.4 Å². The van der Waals surface area contributed by atoms with E-state index in [-0.39, 0.29) is 29.9 Å². The van der Waals surface area contributed by atoms with Gasteiger partial charge >= 0.3 is 0 Å². The number of hydrogen-bond acceptors (Lipinski definition) is 11. The number of piperidine rings is 2. The molecule has 61 heavy (non-hydrogen) atoms. The van der Waals surface area contributed by atoms with Gasteiger partial charge < -0.3 is 24.8 Å². The Labute approximate surface area is 355 Å². The van der Waals surface area contributed by atoms with Crippen LogP contribution in [0.25, 0.3) is 27.8 Å². The molecule has 0 radical (unpaired) electrons. The number of benzene rings is 2. The van der Waals surface area contributed by atoms with Crippen molar-refractivity contribution < 1.29 is 19.1 Å². The van der Waals surface area contributed by atoms with E-state index >= 15 is 0 Å². The highest BCUT2D eigenvalue weighted by Crippen LogP contribution is 2.35. The molecule has 5 aromatic rings. The fourth-order valence-corrected chi connectivity index (χ4v) is 9.79. The number of carbonyl (C=O) groups is 3. The maximum Gasteiger partial charge on any atom is 0.249 e. The molecule has 312 valence electrons. The molecule has 1 unspecified atom stereocenters. The number of amides is 3. The van der Waals surface area contributed by atoms with Crippen molar-refractivity contribution in [1.82, 2.24) is 29.7 Å². The van der Waals surface area contributed by atoms with Crippen molar-refractivity contribution in [1.29, 1.82) is 5.26 Å². The first kappa shape index (κ1) is 38.9. The van der Waals surface area contributed by atoms with Crippen LogP contribution in [0.4, 0.5) is 17.2 Å². The van der Waals surface area contributed by atoms with Crippen molar-refractivity contribution in [3.8, 4) is 28.3 Å². The first-order valence-electron chi connectivity index (χ1n) is 21.7. The molecule has 5 aliphatic heterocycles. The van der Waals surface area contributed by atoms with E-state index in [1.165, 1.54) is 5.56 Å². The van der Waals surface area contributed by atoms with Gasteiger partial charge in [-0.3, -0.25) is 24.6 Å². The molecule has 0 saturated carbocycles. The van der Waals surface area contributed by atoms with Gasteiger partial charge in [0.25, 0.3) is 0 Å². The van der Waals surface area contributed by atoms with Crippen molar-refractivity contribution in [2.24, 2.45) is 0 Å². The average molecular weight is 819 g/mol. The Morgan fingerprint density at radius 3 is 2.25 bits per heavy atom. The standard InChI is InChI=1S/C47H50N10O4/c48-24-36-26-50-57-27-35(23-41(46(36)57)34-5-13-43(49-25-34)56-28-39-10-11-40(29-56)61-39)32-3-8-38(9-4-32)54-19-21-55(22-20-54)45(59)30-53-17-15-33(16-18-53)31-1-6-37(7-2-31)51-42-12-14-44(58)52-47(42)60/h1-9,13,23,25-27,33,39-40,42,51H,10-12,14-22,28-30H2,(H,52,58,60)/t39-,40+,42?. The summed E-state index contributed by atoms with van der Waals surface area (Å²) in [5, 5.41) is 20.1. The molecule has 3 amide bonds. The monoisotopic (exact) mass is 818 g/mol. The molecule has 10 rings (SSSR count). The fourth-order valence-electron chi connectivity index (χ4n) is 9.79. The number of rotatable bonds is 9. The van der Waals surface area contributed by atoms with Crippen LogP contribution in [0.1, 0.15) is 55.6 Å². The topological polar surface area (TPSA) is 151 Å². The first-order valence-corrected chi connectivity index (χ1v) is 21.7. The predicted octanol–water partition coefficient (Wildman–Crippen LogP) is 5.05. The molecular weight excluding hydrogens is 769 g/mol. The zero-order chi connectivity index (χ0) is 41.5. The Kier molecular flexibility index (Phi) is 10.6. The van der Waals surface area contributed by atoms with Crippen molar-refractivity contribution in [3.05, 3.63) is 96.4 Å². The molecule has 14 heteroatoms. The largest absolute Gasteiger partial charge is 0.374 e. The van der Waals surface area contributed by atoms with E-state index < -0.39 is 6.04 Å². The second-order valence-corrected chi connectivity index (χ2v) is 17.1. The van der Waals surface area contributed by atoms with Crippen molar-refractivity contribution in [3.63, 3.8) is 0 Å². The molecule has 3 atom stereocenters. The third-order valence-corrected chi connectivity index (χ3v) is 13.3. The molecule has 5 aliphatic rings. The number of nitrogens with one attached hydrogen (secondary N) is 2. The van der Waals surface area contributed by atoms with Crippen LogP contribution in [-0.2, 0) is 19.1 Å². The van der Waals surface area contributed by atoms with Crippen molar-refractivity contribution in [2.45, 2.75) is 62.7 Å². The lowest BCUT2D eigenvalue weighted by Gasteiger charge is -2.38. The lowest BCUT2D eigenvalue weighted by atomic mass is 9.89. The summed E-state index contributed by atoms with van der Waals surface area (Å²) in [7, 11) is 0. The summed E-state index contributed by atoms with van der Waals surface area (Å²) in [4.78, 5) is 50.9. The van der Waals surface area contributed by atoms with Crippen LogP contribution in [0.2, 0.25) is 0 Å². The van der Waals surface area contributed by atoms with Gasteiger partial charge in [0.15, 0.2) is 0 Å². The summed E-state index contributed by atoms with van der Waals surface area (Å²) in [5.74, 6) is 1.09. The van der Waals surface area contributed by atoms with Crippen LogP contribution < -0.4 is 20.4 Å². The summed E-state index contributed by atoms with van der Waals surface area (Å²) in [5.41, 5.74) is 8.45. The van der Waals surface area contributed by atoms with Gasteiger partial charge in [0.2, 0.25) is 17.7 Å². The summed E-state index contributed by atoms with van der Waals surface area (Å²) >= 11 is 0. The van der Waals surface area contributed by atoms with Crippen LogP contribution in [0.5, 0.6) is 0 Å². The zero-order valence-electron chi connectivity index (χ0n) is 34.2. The van der Waals surface area contributed by atoms with Gasteiger partial charge in [0.1, 0.15) is 17.9 Å². The maximum atomic E-state index is 13.4. The molecule has 2 N–H and O–H groups in total. The lowest BCUT2D eigenvalue weighted by molar-refractivity contribution is -0.134. The third kappa shape index (κ3) is 8.15. The van der Waals surface area contributed by atoms with Crippen LogP contribution in [-0.4, -0.2) is 119 Å². The highest BCUT2D eigenvalue weighted by molar-refractivity contribution is 6.01. The molecule has 5 saturated heterocycles. The first-order chi connectivity index (χ1) is 29.8. The third-order valence-electron chi connectivity index (χ3n) is 13.3. The van der Waals surface area contributed by atoms with Crippen molar-refractivity contribution in [2.75, 3.05) is 74.0 Å². The number of hydrogen-bond donors (Lipinski definition) is 2. The number of imide groups is 1. The fraction of sp³-hybridized carbons (Fsp3) is 0.404. The Balaban J connectivity index is 0.726. The molecule has 5 fully saturated rings. The number of carbonyl (C=O) groups excluding carboxylic acids is 3. The molecule has 2 bridgehead atoms. The van der Waals surface area contributed by atoms with Gasteiger partial charge in [-0.15, -0.1) is 0 Å². The number of ether oxygens (including phenoxy) is 1. The highest BCUT2D eigenvalue weighted by atomic mass is 16.5. The number of morpholine rings is 1. The Morgan fingerprint density at radius 2 is 1.56 bits per heavy atom. The minimum Gasteiger partial charge on any atom is -0.374 e. The SMILES string of the molecule is N#Cc1cnn2cc(-c3ccc(N4CCN(C(=O)CN5CCC(c6ccc(NC7CCC(=O)NC7=O)cc6)CC5)CC4)cc3)cc(-c3ccc(N4C[C@H]5CC[C@@H](C4)O5)nc3)c12. The van der Waals surface area contributed by atoms with Gasteiger partial charge in [0, 0.05) is 86.1 Å². The normalized spacial score (nSPS) is 22.3. The minimum absolute atomic E-state index is 0.194. The number of nitriles is 1. The van der Waals surface area contributed by atoms with E-state index in [4.69, 9.17) is 9.72 Å². The van der Waals surface area contributed by atoms with E-state index in [1.54, 1.807) is 10.7 Å². The van der Waals surface area contributed by atoms with E-state index in [2.05, 4.69) is 91.1 Å². The Hall–Kier alpha value is -6.30. The van der Waals surface area contributed by atoms with E-state index in [0.29, 0.717) is 44.0 Å².